The first-order chi connectivity index (χ1) is 17.5. The predicted octanol–water partition coefficient (Wildman–Crippen LogP) is 4.37. The van der Waals surface area contributed by atoms with Gasteiger partial charge in [-0.25, -0.2) is 0 Å². The molecular formula is C29H29N3O4. The maximum Gasteiger partial charge on any atom is 0.267 e. The van der Waals surface area contributed by atoms with E-state index in [-0.39, 0.29) is 17.7 Å². The normalized spacial score (nSPS) is 13.5. The fourth-order valence-corrected chi connectivity index (χ4v) is 5.02. The topological polar surface area (TPSA) is 72.8 Å². The van der Waals surface area contributed by atoms with Crippen LogP contribution in [0.2, 0.25) is 0 Å². The minimum absolute atomic E-state index is 0.0331. The van der Waals surface area contributed by atoms with Crippen LogP contribution < -0.4 is 14.8 Å². The molecule has 36 heavy (non-hydrogen) atoms. The first kappa shape index (κ1) is 23.5. The quantitative estimate of drug-likeness (QED) is 0.404. The monoisotopic (exact) mass is 483 g/mol. The minimum Gasteiger partial charge on any atom is -0.496 e. The van der Waals surface area contributed by atoms with E-state index in [9.17, 15) is 9.59 Å². The lowest BCUT2D eigenvalue weighted by atomic mass is 9.98. The molecule has 1 aliphatic heterocycles. The maximum absolute atomic E-state index is 13.4. The zero-order valence-corrected chi connectivity index (χ0v) is 20.7. The molecule has 0 saturated carbocycles. The third kappa shape index (κ3) is 4.17. The molecule has 7 heteroatoms. The molecule has 2 heterocycles. The molecule has 1 aromatic heterocycles. The van der Waals surface area contributed by atoms with Crippen molar-refractivity contribution in [2.75, 3.05) is 27.3 Å². The molecule has 1 N–H and O–H groups in total. The molecule has 2 amide bonds. The molecular weight excluding hydrogens is 454 g/mol. The fraction of sp³-hybridized carbons (Fsp3) is 0.241. The molecule has 5 rings (SSSR count). The van der Waals surface area contributed by atoms with E-state index in [1.807, 2.05) is 89.3 Å². The number of hydrogen-bond acceptors (Lipinski definition) is 4. The first-order valence-electron chi connectivity index (χ1n) is 11.9. The largest absolute Gasteiger partial charge is 0.496 e. The number of ether oxygens (including phenoxy) is 2. The number of hydrogen-bond donors (Lipinski definition) is 1. The summed E-state index contributed by atoms with van der Waals surface area (Å²) in [5, 5.41) is 3.91. The van der Waals surface area contributed by atoms with Gasteiger partial charge in [-0.05, 0) is 35.4 Å². The highest BCUT2D eigenvalue weighted by molar-refractivity contribution is 6.02. The van der Waals surface area contributed by atoms with Crippen LogP contribution in [-0.4, -0.2) is 48.6 Å². The Bertz CT molecular complexity index is 1430. The summed E-state index contributed by atoms with van der Waals surface area (Å²) in [6.07, 6.45) is 0. The Morgan fingerprint density at radius 1 is 0.972 bits per heavy atom. The number of rotatable bonds is 8. The van der Waals surface area contributed by atoms with Gasteiger partial charge in [-0.3, -0.25) is 9.59 Å². The number of aromatic nitrogens is 1. The molecule has 4 aromatic rings. The van der Waals surface area contributed by atoms with Crippen LogP contribution in [0.3, 0.4) is 0 Å². The number of aryl methyl sites for hydroxylation is 1. The van der Waals surface area contributed by atoms with Crippen molar-refractivity contribution < 1.29 is 19.1 Å². The van der Waals surface area contributed by atoms with Crippen molar-refractivity contribution in [3.8, 4) is 11.5 Å². The molecule has 0 bridgehead atoms. The van der Waals surface area contributed by atoms with Crippen LogP contribution in [0.25, 0.3) is 10.9 Å². The van der Waals surface area contributed by atoms with Gasteiger partial charge in [-0.15, -0.1) is 0 Å². The highest BCUT2D eigenvalue weighted by atomic mass is 16.5. The van der Waals surface area contributed by atoms with Gasteiger partial charge in [0, 0.05) is 43.5 Å². The molecule has 0 radical (unpaired) electrons. The van der Waals surface area contributed by atoms with E-state index in [4.69, 9.17) is 9.47 Å². The fourth-order valence-electron chi connectivity index (χ4n) is 5.02. The number of benzene rings is 3. The summed E-state index contributed by atoms with van der Waals surface area (Å²) in [4.78, 5) is 28.2. The van der Waals surface area contributed by atoms with Crippen molar-refractivity contribution in [3.05, 3.63) is 95.2 Å². The summed E-state index contributed by atoms with van der Waals surface area (Å²) in [6.45, 7) is 1.47. The second kappa shape index (κ2) is 9.77. The van der Waals surface area contributed by atoms with E-state index in [1.54, 1.807) is 14.2 Å². The second-order valence-corrected chi connectivity index (χ2v) is 8.98. The Morgan fingerprint density at radius 2 is 1.67 bits per heavy atom. The molecule has 1 atom stereocenters. The van der Waals surface area contributed by atoms with Gasteiger partial charge in [0.05, 0.1) is 19.7 Å². The van der Waals surface area contributed by atoms with Crippen LogP contribution in [0, 0.1) is 0 Å². The van der Waals surface area contributed by atoms with Crippen molar-refractivity contribution in [1.82, 2.24) is 14.8 Å². The first-order valence-corrected chi connectivity index (χ1v) is 11.9. The molecule has 1 aliphatic rings. The van der Waals surface area contributed by atoms with Gasteiger partial charge in [-0.2, -0.15) is 0 Å². The van der Waals surface area contributed by atoms with Gasteiger partial charge in [0.2, 0.25) is 0 Å². The van der Waals surface area contributed by atoms with Crippen molar-refractivity contribution in [2.24, 2.45) is 7.05 Å². The minimum atomic E-state index is -0.199. The molecule has 0 saturated heterocycles. The summed E-state index contributed by atoms with van der Waals surface area (Å²) in [5.74, 6) is 1.11. The van der Waals surface area contributed by atoms with Crippen LogP contribution in [0.4, 0.5) is 0 Å². The van der Waals surface area contributed by atoms with Crippen LogP contribution in [0.1, 0.15) is 37.9 Å². The molecule has 7 nitrogen and oxygen atoms in total. The zero-order chi connectivity index (χ0) is 25.2. The Hall–Kier alpha value is -4.26. The highest BCUT2D eigenvalue weighted by Crippen LogP contribution is 2.35. The number of carbonyl (C=O) groups is 2. The number of fused-ring (bicyclic) bond motifs is 2. The molecule has 1 unspecified atom stereocenters. The van der Waals surface area contributed by atoms with Gasteiger partial charge < -0.3 is 24.3 Å². The van der Waals surface area contributed by atoms with E-state index in [0.29, 0.717) is 36.8 Å². The smallest absolute Gasteiger partial charge is 0.267 e. The number of nitrogens with one attached hydrogen (secondary N) is 1. The second-order valence-electron chi connectivity index (χ2n) is 8.98. The Labute approximate surface area is 210 Å². The average molecular weight is 484 g/mol. The van der Waals surface area contributed by atoms with E-state index in [1.165, 1.54) is 0 Å². The van der Waals surface area contributed by atoms with Crippen molar-refractivity contribution in [1.29, 1.82) is 0 Å². The van der Waals surface area contributed by atoms with Gasteiger partial charge in [0.1, 0.15) is 17.2 Å². The Morgan fingerprint density at radius 3 is 2.39 bits per heavy atom. The van der Waals surface area contributed by atoms with Crippen LogP contribution in [0.15, 0.2) is 72.8 Å². The standard InChI is InChI=1S/C29H29N3O4/c1-31-24(15-23-25(35-2)13-14-26(36-3)27(23)31)28(33)30-16-21(19-9-5-4-6-10-19)18-32-17-20-11-7-8-12-22(20)29(32)34/h4-15,21H,16-18H2,1-3H3,(H,30,33). The summed E-state index contributed by atoms with van der Waals surface area (Å²) in [7, 11) is 5.06. The third-order valence-electron chi connectivity index (χ3n) is 6.91. The van der Waals surface area contributed by atoms with Gasteiger partial charge >= 0.3 is 0 Å². The Balaban J connectivity index is 1.38. The Kier molecular flexibility index (Phi) is 6.38. The lowest BCUT2D eigenvalue weighted by Gasteiger charge is -2.24. The van der Waals surface area contributed by atoms with Crippen LogP contribution >= 0.6 is 0 Å². The van der Waals surface area contributed by atoms with E-state index < -0.39 is 0 Å². The number of nitrogens with zero attached hydrogens (tertiary/aromatic N) is 2. The summed E-state index contributed by atoms with van der Waals surface area (Å²) in [5.41, 5.74) is 4.16. The molecule has 184 valence electrons. The van der Waals surface area contributed by atoms with E-state index in [2.05, 4.69) is 5.32 Å². The SMILES string of the molecule is COc1ccc(OC)c2c1cc(C(=O)NCC(CN1Cc3ccccc3C1=O)c1ccccc1)n2C. The van der Waals surface area contributed by atoms with Gasteiger partial charge in [0.25, 0.3) is 11.8 Å². The third-order valence-corrected chi connectivity index (χ3v) is 6.91. The predicted molar refractivity (Wildman–Crippen MR) is 139 cm³/mol. The average Bonchev–Trinajstić information content (AvgIpc) is 3.43. The van der Waals surface area contributed by atoms with Gasteiger partial charge in [-0.1, -0.05) is 48.5 Å². The summed E-state index contributed by atoms with van der Waals surface area (Å²) in [6, 6.07) is 23.2. The lowest BCUT2D eigenvalue weighted by molar-refractivity contribution is 0.0767. The zero-order valence-electron chi connectivity index (χ0n) is 20.7. The summed E-state index contributed by atoms with van der Waals surface area (Å²) >= 11 is 0. The molecule has 3 aromatic carbocycles. The lowest BCUT2D eigenvalue weighted by Crippen LogP contribution is -2.36. The number of carbonyl (C=O) groups excluding carboxylic acids is 2. The van der Waals surface area contributed by atoms with Crippen molar-refractivity contribution >= 4 is 22.7 Å². The number of methoxy groups -OCH3 is 2. The summed E-state index contributed by atoms with van der Waals surface area (Å²) < 4.78 is 12.9. The molecule has 0 aliphatic carbocycles. The number of amides is 2. The molecule has 0 spiro atoms. The maximum atomic E-state index is 13.4. The van der Waals surface area contributed by atoms with E-state index in [0.717, 1.165) is 27.6 Å². The van der Waals surface area contributed by atoms with Gasteiger partial charge in [0.15, 0.2) is 0 Å². The van der Waals surface area contributed by atoms with Crippen LogP contribution in [0.5, 0.6) is 11.5 Å². The van der Waals surface area contributed by atoms with Crippen molar-refractivity contribution in [3.63, 3.8) is 0 Å². The highest BCUT2D eigenvalue weighted by Gasteiger charge is 2.29. The van der Waals surface area contributed by atoms with E-state index >= 15 is 0 Å². The van der Waals surface area contributed by atoms with Crippen molar-refractivity contribution in [2.45, 2.75) is 12.5 Å². The van der Waals surface area contributed by atoms with Crippen LogP contribution in [-0.2, 0) is 13.6 Å². The molecule has 0 fully saturated rings.